The number of hydrogen-bond acceptors (Lipinski definition) is 2. The second-order valence-corrected chi connectivity index (χ2v) is 4.83. The lowest BCUT2D eigenvalue weighted by Crippen LogP contribution is -2.23. The molecule has 1 aromatic heterocycles. The van der Waals surface area contributed by atoms with E-state index in [4.69, 9.17) is 0 Å². The molecule has 0 fully saturated rings. The minimum atomic E-state index is -1.71. The molecule has 1 heterocycles. The van der Waals surface area contributed by atoms with Crippen LogP contribution in [0.15, 0.2) is 54.7 Å². The van der Waals surface area contributed by atoms with Crippen LogP contribution in [0, 0.1) is 6.92 Å². The molecule has 3 rings (SSSR count). The molecule has 0 spiro atoms. The zero-order valence-corrected chi connectivity index (χ0v) is 10.8. The quantitative estimate of drug-likeness (QED) is 0.793. The number of nitrogens with zero attached hydrogens (tertiary/aromatic N) is 2. The second-order valence-electron chi connectivity index (χ2n) is 4.83. The number of benzene rings is 2. The fourth-order valence-corrected chi connectivity index (χ4v) is 2.17. The van der Waals surface area contributed by atoms with Gasteiger partial charge in [-0.1, -0.05) is 24.3 Å². The van der Waals surface area contributed by atoms with Gasteiger partial charge in [0.1, 0.15) is 12.3 Å². The van der Waals surface area contributed by atoms with Crippen LogP contribution in [0.3, 0.4) is 0 Å². The van der Waals surface area contributed by atoms with Crippen molar-refractivity contribution < 1.29 is 9.50 Å². The molecule has 1 unspecified atom stereocenters. The number of fused-ring (bicyclic) bond motifs is 1. The van der Waals surface area contributed by atoms with Crippen molar-refractivity contribution in [2.75, 3.05) is 6.67 Å². The van der Waals surface area contributed by atoms with Crippen LogP contribution in [-0.4, -0.2) is 21.6 Å². The van der Waals surface area contributed by atoms with Gasteiger partial charge in [-0.2, -0.15) is 5.10 Å². The lowest BCUT2D eigenvalue weighted by atomic mass is 9.96. The Morgan fingerprint density at radius 2 is 1.95 bits per heavy atom. The van der Waals surface area contributed by atoms with E-state index in [2.05, 4.69) is 12.0 Å². The van der Waals surface area contributed by atoms with Crippen molar-refractivity contribution in [1.29, 1.82) is 0 Å². The maximum Gasteiger partial charge on any atom is 0.122 e. The fourth-order valence-electron chi connectivity index (χ4n) is 2.17. The summed E-state index contributed by atoms with van der Waals surface area (Å²) < 4.78 is 14.6. The van der Waals surface area contributed by atoms with E-state index in [0.717, 1.165) is 16.6 Å². The third-order valence-corrected chi connectivity index (χ3v) is 3.33. The van der Waals surface area contributed by atoms with Crippen LogP contribution in [0.1, 0.15) is 5.56 Å². The Balaban J connectivity index is 2.12. The van der Waals surface area contributed by atoms with Gasteiger partial charge in [-0.25, -0.2) is 9.07 Å². The Bertz CT molecular complexity index is 735. The number of halogens is 1. The van der Waals surface area contributed by atoms with Crippen molar-refractivity contribution in [1.82, 2.24) is 9.78 Å². The minimum absolute atomic E-state index is 0.445. The Morgan fingerprint density at radius 1 is 1.20 bits per heavy atom. The number of aliphatic hydroxyl groups is 1. The highest BCUT2D eigenvalue weighted by Gasteiger charge is 2.23. The lowest BCUT2D eigenvalue weighted by molar-refractivity contribution is 0.0569. The summed E-state index contributed by atoms with van der Waals surface area (Å²) in [7, 11) is 0. The van der Waals surface area contributed by atoms with Gasteiger partial charge in [-0.15, -0.1) is 0 Å². The van der Waals surface area contributed by atoms with Gasteiger partial charge in [0.15, 0.2) is 0 Å². The third kappa shape index (κ3) is 2.08. The lowest BCUT2D eigenvalue weighted by Gasteiger charge is -2.19. The van der Waals surface area contributed by atoms with E-state index < -0.39 is 12.3 Å². The molecule has 1 N–H and O–H groups in total. The summed E-state index contributed by atoms with van der Waals surface area (Å²) in [5.41, 5.74) is 0.587. The van der Waals surface area contributed by atoms with E-state index in [0.29, 0.717) is 5.56 Å². The van der Waals surface area contributed by atoms with Gasteiger partial charge in [0, 0.05) is 5.39 Å². The first-order valence-corrected chi connectivity index (χ1v) is 6.29. The molecule has 3 aromatic rings. The van der Waals surface area contributed by atoms with E-state index in [1.165, 1.54) is 0 Å². The highest BCUT2D eigenvalue weighted by molar-refractivity contribution is 5.81. The second kappa shape index (κ2) is 4.72. The Kier molecular flexibility index (Phi) is 3.03. The van der Waals surface area contributed by atoms with E-state index >= 15 is 0 Å². The highest BCUT2D eigenvalue weighted by atomic mass is 19.1. The maximum absolute atomic E-state index is 12.8. The molecule has 4 heteroatoms. The van der Waals surface area contributed by atoms with Gasteiger partial charge >= 0.3 is 0 Å². The summed E-state index contributed by atoms with van der Waals surface area (Å²) in [6, 6.07) is 14.9. The van der Waals surface area contributed by atoms with Gasteiger partial charge in [0.25, 0.3) is 0 Å². The van der Waals surface area contributed by atoms with Crippen LogP contribution in [0.2, 0.25) is 0 Å². The molecule has 0 bridgehead atoms. The van der Waals surface area contributed by atoms with Crippen LogP contribution >= 0.6 is 0 Å². The highest BCUT2D eigenvalue weighted by Crippen LogP contribution is 2.26. The Hall–Kier alpha value is -2.20. The molecule has 2 aromatic carbocycles. The molecule has 0 amide bonds. The molecular weight excluding hydrogens is 255 g/mol. The molecular formula is C16H14FN2O. The first-order valence-electron chi connectivity index (χ1n) is 6.29. The van der Waals surface area contributed by atoms with E-state index in [9.17, 15) is 9.50 Å². The largest absolute Gasteiger partial charge is 0.382 e. The maximum atomic E-state index is 12.8. The number of alkyl halides is 1. The predicted molar refractivity (Wildman–Crippen MR) is 76.3 cm³/mol. The van der Waals surface area contributed by atoms with Crippen molar-refractivity contribution in [2.24, 2.45) is 0 Å². The zero-order valence-electron chi connectivity index (χ0n) is 10.8. The fraction of sp³-hybridized carbons (Fsp3) is 0.125. The number of aromatic nitrogens is 2. The number of para-hydroxylation sites is 1. The van der Waals surface area contributed by atoms with Crippen LogP contribution in [0.25, 0.3) is 16.6 Å². The average Bonchev–Trinajstić information content (AvgIpc) is 2.91. The van der Waals surface area contributed by atoms with Gasteiger partial charge in [-0.05, 0) is 36.8 Å². The van der Waals surface area contributed by atoms with Crippen molar-refractivity contribution in [2.45, 2.75) is 5.60 Å². The molecule has 20 heavy (non-hydrogen) atoms. The standard InChI is InChI=1S/C16H14FN2O/c1-16(20,11-17)13-7-8-15-12(9-13)10-18-19(15)14-5-3-2-4-6-14/h2-10,20H,1,11H2. The monoisotopic (exact) mass is 269 g/mol. The molecule has 1 atom stereocenters. The van der Waals surface area contributed by atoms with Gasteiger partial charge in [0.2, 0.25) is 0 Å². The zero-order chi connectivity index (χ0) is 14.2. The van der Waals surface area contributed by atoms with Crippen molar-refractivity contribution in [3.8, 4) is 5.69 Å². The SMILES string of the molecule is [CH2]C(O)(CF)c1ccc2c(cnn2-c2ccccc2)c1. The molecule has 0 aliphatic rings. The number of rotatable bonds is 3. The molecule has 0 aliphatic carbocycles. The molecule has 0 saturated carbocycles. The summed E-state index contributed by atoms with van der Waals surface area (Å²) >= 11 is 0. The first-order chi connectivity index (χ1) is 9.62. The normalized spacial score (nSPS) is 14.3. The molecule has 101 valence electrons. The van der Waals surface area contributed by atoms with Crippen molar-refractivity contribution >= 4 is 10.9 Å². The van der Waals surface area contributed by atoms with Crippen LogP contribution in [0.5, 0.6) is 0 Å². The minimum Gasteiger partial charge on any atom is -0.382 e. The summed E-state index contributed by atoms with van der Waals surface area (Å²) in [4.78, 5) is 0. The average molecular weight is 269 g/mol. The topological polar surface area (TPSA) is 38.1 Å². The van der Waals surface area contributed by atoms with Crippen LogP contribution < -0.4 is 0 Å². The first kappa shape index (κ1) is 12.8. The van der Waals surface area contributed by atoms with Crippen LogP contribution in [0.4, 0.5) is 4.39 Å². The summed E-state index contributed by atoms with van der Waals surface area (Å²) in [5, 5.41) is 15.0. The van der Waals surface area contributed by atoms with Crippen molar-refractivity contribution in [3.05, 3.63) is 67.2 Å². The molecule has 3 nitrogen and oxygen atoms in total. The van der Waals surface area contributed by atoms with Gasteiger partial charge < -0.3 is 5.11 Å². The van der Waals surface area contributed by atoms with E-state index in [-0.39, 0.29) is 0 Å². The summed E-state index contributed by atoms with van der Waals surface area (Å²) in [6.07, 6.45) is 1.69. The van der Waals surface area contributed by atoms with Crippen molar-refractivity contribution in [3.63, 3.8) is 0 Å². The van der Waals surface area contributed by atoms with Crippen LogP contribution in [-0.2, 0) is 5.60 Å². The molecule has 0 saturated heterocycles. The molecule has 0 aliphatic heterocycles. The van der Waals surface area contributed by atoms with Gasteiger partial charge in [-0.3, -0.25) is 0 Å². The predicted octanol–water partition coefficient (Wildman–Crippen LogP) is 3.02. The van der Waals surface area contributed by atoms with E-state index in [1.807, 2.05) is 36.4 Å². The Morgan fingerprint density at radius 3 is 2.65 bits per heavy atom. The Labute approximate surface area is 116 Å². The van der Waals surface area contributed by atoms with E-state index in [1.54, 1.807) is 23.0 Å². The third-order valence-electron chi connectivity index (χ3n) is 3.33. The summed E-state index contributed by atoms with van der Waals surface area (Å²) in [5.74, 6) is 0. The number of hydrogen-bond donors (Lipinski definition) is 1. The summed E-state index contributed by atoms with van der Waals surface area (Å²) in [6.45, 7) is 2.56. The smallest absolute Gasteiger partial charge is 0.122 e. The molecule has 1 radical (unpaired) electrons. The van der Waals surface area contributed by atoms with Gasteiger partial charge in [0.05, 0.1) is 17.4 Å².